The van der Waals surface area contributed by atoms with Crippen LogP contribution in [0.2, 0.25) is 0 Å². The Labute approximate surface area is 123 Å². The van der Waals surface area contributed by atoms with Gasteiger partial charge in [-0.3, -0.25) is 24.1 Å². The van der Waals surface area contributed by atoms with Gasteiger partial charge in [0.15, 0.2) is 0 Å². The van der Waals surface area contributed by atoms with E-state index in [0.29, 0.717) is 0 Å². The third-order valence-electron chi connectivity index (χ3n) is 4.27. The lowest BCUT2D eigenvalue weighted by Gasteiger charge is -2.38. The van der Waals surface area contributed by atoms with Crippen molar-refractivity contribution in [3.05, 3.63) is 0 Å². The van der Waals surface area contributed by atoms with Crippen molar-refractivity contribution in [2.75, 3.05) is 6.54 Å². The molecule has 0 saturated carbocycles. The fraction of sp³-hybridized carbons (Fsp3) is 0.714. The van der Waals surface area contributed by atoms with Crippen LogP contribution in [0.1, 0.15) is 47.0 Å². The number of carboxylic acids is 1. The molecule has 0 unspecified atom stereocenters. The highest BCUT2D eigenvalue weighted by Crippen LogP contribution is 2.30. The molecule has 0 aliphatic carbocycles. The summed E-state index contributed by atoms with van der Waals surface area (Å²) < 4.78 is 0. The summed E-state index contributed by atoms with van der Waals surface area (Å²) in [5.74, 6) is -1.93. The Bertz CT molecular complexity index is 466. The van der Waals surface area contributed by atoms with Gasteiger partial charge in [0.25, 0.3) is 0 Å². The van der Waals surface area contributed by atoms with Gasteiger partial charge in [-0.15, -0.1) is 0 Å². The van der Waals surface area contributed by atoms with E-state index in [1.165, 1.54) is 13.8 Å². The van der Waals surface area contributed by atoms with E-state index in [1.807, 2.05) is 0 Å². The van der Waals surface area contributed by atoms with Gasteiger partial charge in [-0.25, -0.2) is 0 Å². The Morgan fingerprint density at radius 3 is 2.05 bits per heavy atom. The van der Waals surface area contributed by atoms with Crippen molar-refractivity contribution in [3.8, 4) is 0 Å². The van der Waals surface area contributed by atoms with E-state index >= 15 is 0 Å². The minimum absolute atomic E-state index is 0.0311. The van der Waals surface area contributed by atoms with Gasteiger partial charge in [-0.2, -0.15) is 0 Å². The van der Waals surface area contributed by atoms with Crippen LogP contribution >= 0.6 is 0 Å². The molecule has 1 aliphatic rings. The molecular formula is C14H22N2O5. The maximum Gasteiger partial charge on any atom is 0.311 e. The summed E-state index contributed by atoms with van der Waals surface area (Å²) in [6.45, 7) is 6.36. The summed E-state index contributed by atoms with van der Waals surface area (Å²) in [7, 11) is 0. The van der Waals surface area contributed by atoms with Crippen molar-refractivity contribution < 1.29 is 24.3 Å². The number of rotatable bonds is 6. The zero-order chi connectivity index (χ0) is 16.4. The van der Waals surface area contributed by atoms with Crippen molar-refractivity contribution >= 4 is 23.7 Å². The van der Waals surface area contributed by atoms with Crippen LogP contribution in [0.5, 0.6) is 0 Å². The molecular weight excluding hydrogens is 276 g/mol. The molecule has 0 atom stereocenters. The van der Waals surface area contributed by atoms with Crippen molar-refractivity contribution in [1.29, 1.82) is 0 Å². The van der Waals surface area contributed by atoms with E-state index in [0.717, 1.165) is 4.90 Å². The molecule has 0 spiro atoms. The lowest BCUT2D eigenvalue weighted by Crippen LogP contribution is -2.57. The van der Waals surface area contributed by atoms with Crippen LogP contribution in [0.3, 0.4) is 0 Å². The van der Waals surface area contributed by atoms with Crippen LogP contribution in [-0.4, -0.2) is 45.8 Å². The zero-order valence-electron chi connectivity index (χ0n) is 12.9. The Morgan fingerprint density at radius 2 is 1.62 bits per heavy atom. The molecule has 1 rings (SSSR count). The van der Waals surface area contributed by atoms with Gasteiger partial charge in [0.05, 0.1) is 5.41 Å². The summed E-state index contributed by atoms with van der Waals surface area (Å²) in [4.78, 5) is 47.1. The fourth-order valence-corrected chi connectivity index (χ4v) is 1.92. The average Bonchev–Trinajstić information content (AvgIpc) is 2.65. The van der Waals surface area contributed by atoms with E-state index in [4.69, 9.17) is 0 Å². The standard InChI is InChI=1S/C14H22N2O5/c1-13(2,12(20)21)14(3,4)15-9(17)7-8-16-10(18)5-6-11(16)19/h5-8H2,1-4H3,(H,15,17)(H,20,21). The highest BCUT2D eigenvalue weighted by molar-refractivity contribution is 6.02. The molecule has 0 aromatic rings. The molecule has 0 aromatic heterocycles. The number of amides is 3. The largest absolute Gasteiger partial charge is 0.481 e. The molecule has 21 heavy (non-hydrogen) atoms. The van der Waals surface area contributed by atoms with Crippen LogP contribution in [-0.2, 0) is 19.2 Å². The average molecular weight is 298 g/mol. The first-order valence-electron chi connectivity index (χ1n) is 6.86. The predicted octanol–water partition coefficient (Wildman–Crippen LogP) is 0.531. The fourth-order valence-electron chi connectivity index (χ4n) is 1.92. The molecule has 118 valence electrons. The second-order valence-corrected chi connectivity index (χ2v) is 6.29. The van der Waals surface area contributed by atoms with Crippen LogP contribution in [0.15, 0.2) is 0 Å². The Balaban J connectivity index is 2.59. The lowest BCUT2D eigenvalue weighted by molar-refractivity contribution is -0.151. The lowest BCUT2D eigenvalue weighted by atomic mass is 9.74. The second kappa shape index (κ2) is 5.83. The minimum atomic E-state index is -1.15. The first-order valence-corrected chi connectivity index (χ1v) is 6.86. The molecule has 7 nitrogen and oxygen atoms in total. The highest BCUT2D eigenvalue weighted by atomic mass is 16.4. The van der Waals surface area contributed by atoms with Gasteiger partial charge in [-0.1, -0.05) is 0 Å². The SMILES string of the molecule is CC(C)(NC(=O)CCN1C(=O)CCC1=O)C(C)(C)C(=O)O. The summed E-state index contributed by atoms with van der Waals surface area (Å²) in [5, 5.41) is 11.9. The molecule has 0 bridgehead atoms. The van der Waals surface area contributed by atoms with Gasteiger partial charge in [0.2, 0.25) is 17.7 Å². The summed E-state index contributed by atoms with van der Waals surface area (Å²) in [6.07, 6.45) is 0.354. The van der Waals surface area contributed by atoms with Gasteiger partial charge in [0, 0.05) is 31.3 Å². The Kier molecular flexibility index (Phi) is 4.76. The number of hydrogen-bond acceptors (Lipinski definition) is 4. The maximum absolute atomic E-state index is 11.9. The minimum Gasteiger partial charge on any atom is -0.481 e. The van der Waals surface area contributed by atoms with Crippen molar-refractivity contribution in [3.63, 3.8) is 0 Å². The van der Waals surface area contributed by atoms with E-state index in [-0.39, 0.29) is 43.5 Å². The third-order valence-corrected chi connectivity index (χ3v) is 4.27. The zero-order valence-corrected chi connectivity index (χ0v) is 12.9. The van der Waals surface area contributed by atoms with E-state index < -0.39 is 16.9 Å². The number of carbonyl (C=O) groups is 4. The van der Waals surface area contributed by atoms with Gasteiger partial charge in [-0.05, 0) is 27.7 Å². The van der Waals surface area contributed by atoms with Gasteiger partial charge < -0.3 is 10.4 Å². The second-order valence-electron chi connectivity index (χ2n) is 6.29. The molecule has 1 saturated heterocycles. The molecule has 1 aliphatic heterocycles. The highest BCUT2D eigenvalue weighted by Gasteiger charge is 2.44. The number of aliphatic carboxylic acids is 1. The first kappa shape index (κ1) is 17.1. The normalized spacial score (nSPS) is 16.3. The third kappa shape index (κ3) is 3.59. The van der Waals surface area contributed by atoms with Crippen LogP contribution < -0.4 is 5.32 Å². The molecule has 1 heterocycles. The topological polar surface area (TPSA) is 104 Å². The van der Waals surface area contributed by atoms with Crippen LogP contribution in [0, 0.1) is 5.41 Å². The van der Waals surface area contributed by atoms with Gasteiger partial charge in [0.1, 0.15) is 0 Å². The number of nitrogens with one attached hydrogen (secondary N) is 1. The molecule has 7 heteroatoms. The maximum atomic E-state index is 11.9. The predicted molar refractivity (Wildman–Crippen MR) is 74.2 cm³/mol. The monoisotopic (exact) mass is 298 g/mol. The Morgan fingerprint density at radius 1 is 1.14 bits per heavy atom. The number of imide groups is 1. The van der Waals surface area contributed by atoms with E-state index in [1.54, 1.807) is 13.8 Å². The number of carboxylic acid groups (broad SMARTS) is 1. The molecule has 1 fully saturated rings. The summed E-state index contributed by atoms with van der Waals surface area (Å²) in [5.41, 5.74) is -2.11. The molecule has 0 aromatic carbocycles. The Hall–Kier alpha value is -1.92. The van der Waals surface area contributed by atoms with Gasteiger partial charge >= 0.3 is 5.97 Å². The molecule has 2 N–H and O–H groups in total. The van der Waals surface area contributed by atoms with Crippen LogP contribution in [0.25, 0.3) is 0 Å². The van der Waals surface area contributed by atoms with Crippen molar-refractivity contribution in [2.45, 2.75) is 52.5 Å². The summed E-state index contributed by atoms with van der Waals surface area (Å²) >= 11 is 0. The summed E-state index contributed by atoms with van der Waals surface area (Å²) in [6, 6.07) is 0. The number of hydrogen-bond donors (Lipinski definition) is 2. The van der Waals surface area contributed by atoms with Crippen molar-refractivity contribution in [1.82, 2.24) is 10.2 Å². The molecule has 3 amide bonds. The number of likely N-dealkylation sites (tertiary alicyclic amines) is 1. The smallest absolute Gasteiger partial charge is 0.311 e. The quantitative estimate of drug-likeness (QED) is 0.696. The van der Waals surface area contributed by atoms with E-state index in [9.17, 15) is 24.3 Å². The van der Waals surface area contributed by atoms with Crippen LogP contribution in [0.4, 0.5) is 0 Å². The first-order chi connectivity index (χ1) is 9.49. The number of nitrogens with zero attached hydrogens (tertiary/aromatic N) is 1. The number of carbonyl (C=O) groups excluding carboxylic acids is 3. The molecule has 0 radical (unpaired) electrons. The van der Waals surface area contributed by atoms with Crippen molar-refractivity contribution in [2.24, 2.45) is 5.41 Å². The van der Waals surface area contributed by atoms with E-state index in [2.05, 4.69) is 5.32 Å².